The van der Waals surface area contributed by atoms with Crippen molar-refractivity contribution < 1.29 is 9.72 Å². The van der Waals surface area contributed by atoms with E-state index in [4.69, 9.17) is 11.6 Å². The molecule has 1 N–H and O–H groups in total. The van der Waals surface area contributed by atoms with E-state index in [0.29, 0.717) is 13.1 Å². The Morgan fingerprint density at radius 1 is 1.52 bits per heavy atom. The number of halogens is 1. The summed E-state index contributed by atoms with van der Waals surface area (Å²) in [5.41, 5.74) is -0.131. The van der Waals surface area contributed by atoms with Crippen LogP contribution in [0.2, 0.25) is 5.02 Å². The molecule has 1 aromatic carbocycles. The Balaban J connectivity index is 2.32. The first-order valence-electron chi connectivity index (χ1n) is 6.94. The number of likely N-dealkylation sites (tertiary alicyclic amines) is 1. The fourth-order valence-corrected chi connectivity index (χ4v) is 2.87. The van der Waals surface area contributed by atoms with E-state index in [1.807, 2.05) is 7.05 Å². The number of hydrogen-bond donors (Lipinski definition) is 1. The molecular formula is C14H18ClN3O3. The predicted molar refractivity (Wildman–Crippen MR) is 80.7 cm³/mol. The number of nitrogens with zero attached hydrogens (tertiary/aromatic N) is 2. The third-order valence-electron chi connectivity index (χ3n) is 3.71. The number of carbonyl (C=O) groups is 1. The molecule has 1 unspecified atom stereocenters. The number of nitro benzene ring substituents is 1. The molecule has 21 heavy (non-hydrogen) atoms. The molecule has 0 saturated carbocycles. The van der Waals surface area contributed by atoms with Crippen LogP contribution in [0, 0.1) is 10.1 Å². The molecule has 1 amide bonds. The summed E-state index contributed by atoms with van der Waals surface area (Å²) in [5.74, 6) is -0.293. The zero-order valence-corrected chi connectivity index (χ0v) is 12.6. The Kier molecular flexibility index (Phi) is 5.14. The van der Waals surface area contributed by atoms with Crippen LogP contribution in [0.1, 0.15) is 29.6 Å². The van der Waals surface area contributed by atoms with Crippen molar-refractivity contribution in [2.75, 3.05) is 20.1 Å². The van der Waals surface area contributed by atoms with E-state index < -0.39 is 4.92 Å². The summed E-state index contributed by atoms with van der Waals surface area (Å²) in [4.78, 5) is 25.0. The Hall–Kier alpha value is -1.66. The first-order valence-corrected chi connectivity index (χ1v) is 7.32. The molecule has 1 aromatic rings. The highest BCUT2D eigenvalue weighted by Crippen LogP contribution is 2.27. The van der Waals surface area contributed by atoms with E-state index in [-0.39, 0.29) is 28.2 Å². The van der Waals surface area contributed by atoms with Gasteiger partial charge in [-0.15, -0.1) is 0 Å². The lowest BCUT2D eigenvalue weighted by atomic mass is 10.00. The molecule has 1 aliphatic heterocycles. The highest BCUT2D eigenvalue weighted by Gasteiger charge is 2.31. The van der Waals surface area contributed by atoms with Crippen molar-refractivity contribution in [2.24, 2.45) is 0 Å². The number of amides is 1. The Labute approximate surface area is 128 Å². The van der Waals surface area contributed by atoms with Gasteiger partial charge in [0, 0.05) is 30.2 Å². The Bertz CT molecular complexity index is 548. The zero-order valence-electron chi connectivity index (χ0n) is 11.8. The minimum Gasteiger partial charge on any atom is -0.334 e. The SMILES string of the molecule is CNCC1CCCCN1C(=O)c1ccc(Cl)cc1[N+](=O)[O-]. The van der Waals surface area contributed by atoms with E-state index in [0.717, 1.165) is 19.3 Å². The number of carbonyl (C=O) groups excluding carboxylic acids is 1. The minimum atomic E-state index is -0.559. The summed E-state index contributed by atoms with van der Waals surface area (Å²) in [5, 5.41) is 14.5. The first-order chi connectivity index (χ1) is 10.0. The van der Waals surface area contributed by atoms with Crippen molar-refractivity contribution in [1.29, 1.82) is 0 Å². The van der Waals surface area contributed by atoms with Crippen molar-refractivity contribution in [3.05, 3.63) is 38.9 Å². The summed E-state index contributed by atoms with van der Waals surface area (Å²) in [6, 6.07) is 4.25. The van der Waals surface area contributed by atoms with Crippen LogP contribution in [0.5, 0.6) is 0 Å². The lowest BCUT2D eigenvalue weighted by molar-refractivity contribution is -0.385. The molecule has 0 aliphatic carbocycles. The summed E-state index contributed by atoms with van der Waals surface area (Å²) >= 11 is 5.79. The average molecular weight is 312 g/mol. The topological polar surface area (TPSA) is 75.5 Å². The third kappa shape index (κ3) is 3.51. The predicted octanol–water partition coefficient (Wildman–Crippen LogP) is 2.46. The maximum absolute atomic E-state index is 12.7. The van der Waals surface area contributed by atoms with Crippen LogP contribution in [-0.2, 0) is 0 Å². The number of rotatable bonds is 4. The lowest BCUT2D eigenvalue weighted by Gasteiger charge is -2.35. The zero-order chi connectivity index (χ0) is 15.4. The molecule has 0 radical (unpaired) electrons. The number of nitrogens with one attached hydrogen (secondary N) is 1. The number of benzene rings is 1. The van der Waals surface area contributed by atoms with Crippen molar-refractivity contribution in [3.8, 4) is 0 Å². The maximum Gasteiger partial charge on any atom is 0.283 e. The van der Waals surface area contributed by atoms with Gasteiger partial charge in [0.05, 0.1) is 4.92 Å². The van der Waals surface area contributed by atoms with Crippen LogP contribution >= 0.6 is 11.6 Å². The van der Waals surface area contributed by atoms with E-state index in [2.05, 4.69) is 5.32 Å². The van der Waals surface area contributed by atoms with Gasteiger partial charge in [0.1, 0.15) is 5.56 Å². The molecule has 1 heterocycles. The van der Waals surface area contributed by atoms with Gasteiger partial charge in [-0.1, -0.05) is 11.6 Å². The molecule has 2 rings (SSSR count). The minimum absolute atomic E-state index is 0.0755. The van der Waals surface area contributed by atoms with Crippen molar-refractivity contribution >= 4 is 23.2 Å². The molecule has 0 aromatic heterocycles. The van der Waals surface area contributed by atoms with E-state index in [9.17, 15) is 14.9 Å². The van der Waals surface area contributed by atoms with Gasteiger partial charge in [0.15, 0.2) is 0 Å². The van der Waals surface area contributed by atoms with E-state index in [1.54, 1.807) is 4.90 Å². The van der Waals surface area contributed by atoms with Gasteiger partial charge in [-0.05, 0) is 38.4 Å². The van der Waals surface area contributed by atoms with Gasteiger partial charge in [-0.3, -0.25) is 14.9 Å². The summed E-state index contributed by atoms with van der Waals surface area (Å²) in [6.07, 6.45) is 2.90. The van der Waals surface area contributed by atoms with Crippen LogP contribution in [0.25, 0.3) is 0 Å². The van der Waals surface area contributed by atoms with Crippen LogP contribution in [0.4, 0.5) is 5.69 Å². The number of likely N-dealkylation sites (N-methyl/N-ethyl adjacent to an activating group) is 1. The van der Waals surface area contributed by atoms with E-state index in [1.165, 1.54) is 18.2 Å². The summed E-state index contributed by atoms with van der Waals surface area (Å²) in [6.45, 7) is 1.32. The molecule has 7 heteroatoms. The molecule has 6 nitrogen and oxygen atoms in total. The molecule has 114 valence electrons. The molecule has 1 fully saturated rings. The van der Waals surface area contributed by atoms with Crippen LogP contribution < -0.4 is 5.32 Å². The average Bonchev–Trinajstić information content (AvgIpc) is 2.47. The smallest absolute Gasteiger partial charge is 0.283 e. The second-order valence-corrected chi connectivity index (χ2v) is 5.56. The lowest BCUT2D eigenvalue weighted by Crippen LogP contribution is -2.48. The number of hydrogen-bond acceptors (Lipinski definition) is 4. The number of nitro groups is 1. The third-order valence-corrected chi connectivity index (χ3v) is 3.95. The molecule has 0 spiro atoms. The monoisotopic (exact) mass is 311 g/mol. The van der Waals surface area contributed by atoms with Crippen molar-refractivity contribution in [2.45, 2.75) is 25.3 Å². The molecule has 0 bridgehead atoms. The van der Waals surface area contributed by atoms with Crippen LogP contribution in [0.3, 0.4) is 0 Å². The highest BCUT2D eigenvalue weighted by molar-refractivity contribution is 6.31. The van der Waals surface area contributed by atoms with E-state index >= 15 is 0 Å². The molecule has 1 saturated heterocycles. The normalized spacial score (nSPS) is 18.6. The maximum atomic E-state index is 12.7. The van der Waals surface area contributed by atoms with Gasteiger partial charge in [0.2, 0.25) is 0 Å². The van der Waals surface area contributed by atoms with Crippen molar-refractivity contribution in [1.82, 2.24) is 10.2 Å². The van der Waals surface area contributed by atoms with Crippen molar-refractivity contribution in [3.63, 3.8) is 0 Å². The summed E-state index contributed by atoms with van der Waals surface area (Å²) in [7, 11) is 1.84. The second-order valence-electron chi connectivity index (χ2n) is 5.12. The van der Waals surface area contributed by atoms with Crippen LogP contribution in [-0.4, -0.2) is 41.9 Å². The molecule has 1 atom stereocenters. The second kappa shape index (κ2) is 6.87. The number of piperidine rings is 1. The highest BCUT2D eigenvalue weighted by atomic mass is 35.5. The van der Waals surface area contributed by atoms with Crippen LogP contribution in [0.15, 0.2) is 18.2 Å². The standard InChI is InChI=1S/C14H18ClN3O3/c1-16-9-11-4-2-3-7-17(11)14(19)12-6-5-10(15)8-13(12)18(20)21/h5-6,8,11,16H,2-4,7,9H2,1H3. The Morgan fingerprint density at radius 2 is 2.29 bits per heavy atom. The van der Waals surface area contributed by atoms with Gasteiger partial charge >= 0.3 is 0 Å². The van der Waals surface area contributed by atoms with Gasteiger partial charge in [-0.25, -0.2) is 0 Å². The Morgan fingerprint density at radius 3 is 2.95 bits per heavy atom. The van der Waals surface area contributed by atoms with Gasteiger partial charge < -0.3 is 10.2 Å². The fraction of sp³-hybridized carbons (Fsp3) is 0.500. The molecular weight excluding hydrogens is 294 g/mol. The van der Waals surface area contributed by atoms with Gasteiger partial charge in [-0.2, -0.15) is 0 Å². The largest absolute Gasteiger partial charge is 0.334 e. The quantitative estimate of drug-likeness (QED) is 0.684. The summed E-state index contributed by atoms with van der Waals surface area (Å²) < 4.78 is 0. The fourth-order valence-electron chi connectivity index (χ4n) is 2.71. The first kappa shape index (κ1) is 15.7. The molecule has 1 aliphatic rings. The van der Waals surface area contributed by atoms with Gasteiger partial charge in [0.25, 0.3) is 11.6 Å².